The minimum Gasteiger partial charge on any atom is -0.310 e. The van der Waals surface area contributed by atoms with Crippen LogP contribution >= 0.6 is 0 Å². The van der Waals surface area contributed by atoms with Gasteiger partial charge in [0.2, 0.25) is 0 Å². The molecule has 0 radical (unpaired) electrons. The highest BCUT2D eigenvalue weighted by Crippen LogP contribution is 2.53. The summed E-state index contributed by atoms with van der Waals surface area (Å²) in [7, 11) is 0. The van der Waals surface area contributed by atoms with Crippen molar-refractivity contribution in [1.29, 1.82) is 0 Å². The SMILES string of the molecule is C=Cc1ccc(C(C)(C)c2ccc(N(C3=CCCc4ccccc43)c3ccc4c(c3)C(C)(C)c3cc(N(c5ccc(C(C)(C)c6ccc(C=C)cc6)cc5)c5cccc6ccccc56)ccc3-4)cc2)cc1. The van der Waals surface area contributed by atoms with Gasteiger partial charge in [0.25, 0.3) is 0 Å². The number of rotatable bonds is 12. The van der Waals surface area contributed by atoms with Crippen LogP contribution in [0.4, 0.5) is 28.4 Å². The number of allylic oxidation sites excluding steroid dienone is 1. The van der Waals surface area contributed by atoms with Crippen LogP contribution in [0.3, 0.4) is 0 Å². The molecule has 0 atom stereocenters. The molecule has 0 bridgehead atoms. The van der Waals surface area contributed by atoms with Crippen LogP contribution in [0, 0.1) is 0 Å². The largest absolute Gasteiger partial charge is 0.310 e. The van der Waals surface area contributed by atoms with Crippen molar-refractivity contribution < 1.29 is 0 Å². The molecule has 0 amide bonds. The number of fused-ring (bicyclic) bond motifs is 5. The third-order valence-corrected chi connectivity index (χ3v) is 15.9. The van der Waals surface area contributed by atoms with E-state index in [-0.39, 0.29) is 16.2 Å². The molecule has 2 aliphatic rings. The van der Waals surface area contributed by atoms with Crippen LogP contribution in [0.25, 0.3) is 39.7 Å². The van der Waals surface area contributed by atoms with Crippen molar-refractivity contribution in [3.8, 4) is 11.1 Å². The van der Waals surface area contributed by atoms with Gasteiger partial charge in [0, 0.05) is 55.6 Å². The van der Waals surface area contributed by atoms with Gasteiger partial charge in [-0.15, -0.1) is 0 Å². The molecule has 348 valence electrons. The minimum atomic E-state index is -0.282. The molecule has 71 heavy (non-hydrogen) atoms. The van der Waals surface area contributed by atoms with Gasteiger partial charge in [-0.25, -0.2) is 0 Å². The molecule has 2 aliphatic carbocycles. The van der Waals surface area contributed by atoms with E-state index < -0.39 is 0 Å². The maximum absolute atomic E-state index is 3.97. The third kappa shape index (κ3) is 7.93. The van der Waals surface area contributed by atoms with E-state index in [1.54, 1.807) is 0 Å². The first-order valence-corrected chi connectivity index (χ1v) is 25.2. The second-order valence-corrected chi connectivity index (χ2v) is 21.0. The molecular formula is C69H62N2. The summed E-state index contributed by atoms with van der Waals surface area (Å²) >= 11 is 0. The molecule has 0 fully saturated rings. The molecule has 0 aromatic heterocycles. The molecule has 0 heterocycles. The minimum absolute atomic E-state index is 0.176. The lowest BCUT2D eigenvalue weighted by atomic mass is 9.78. The molecular weight excluding hydrogens is 857 g/mol. The molecule has 0 saturated heterocycles. The van der Waals surface area contributed by atoms with Crippen LogP contribution in [0.1, 0.15) is 104 Å². The Morgan fingerprint density at radius 2 is 0.901 bits per heavy atom. The van der Waals surface area contributed by atoms with E-state index in [1.807, 2.05) is 12.2 Å². The van der Waals surface area contributed by atoms with E-state index in [0.717, 1.165) is 52.4 Å². The molecule has 11 rings (SSSR count). The molecule has 0 unspecified atom stereocenters. The summed E-state index contributed by atoms with van der Waals surface area (Å²) in [6, 6.07) is 74.8. The van der Waals surface area contributed by atoms with Crippen molar-refractivity contribution in [3.05, 3.63) is 275 Å². The fourth-order valence-electron chi connectivity index (χ4n) is 11.4. The lowest BCUT2D eigenvalue weighted by Gasteiger charge is -2.33. The molecule has 0 spiro atoms. The van der Waals surface area contributed by atoms with Crippen LogP contribution in [0.15, 0.2) is 219 Å². The van der Waals surface area contributed by atoms with Crippen LogP contribution in [-0.4, -0.2) is 0 Å². The standard InChI is InChI=1S/C69H62N2/c1-9-47-25-29-51(30-26-47)67(3,4)53-33-37-55(38-34-53)70(65-23-15-19-49-17-11-13-21-59(49)65)57-41-43-61-62-44-42-58(46-64(62)69(7,8)63(61)45-57)71(66-24-16-20-50-18-12-14-22-60(50)66)56-39-35-54(36-40-56)68(5,6)52-31-27-48(10-2)28-32-52/h9-15,17-19,21-46H,1-2,16,20H2,3-8H3. The summed E-state index contributed by atoms with van der Waals surface area (Å²) in [5.41, 5.74) is 21.6. The highest BCUT2D eigenvalue weighted by molar-refractivity contribution is 6.00. The first-order chi connectivity index (χ1) is 34.4. The molecule has 0 N–H and O–H groups in total. The molecule has 0 saturated carbocycles. The second kappa shape index (κ2) is 17.8. The molecule has 9 aromatic rings. The van der Waals surface area contributed by atoms with Gasteiger partial charge in [0.05, 0.1) is 5.69 Å². The molecule has 9 aromatic carbocycles. The van der Waals surface area contributed by atoms with Gasteiger partial charge in [-0.3, -0.25) is 0 Å². The van der Waals surface area contributed by atoms with Gasteiger partial charge in [-0.1, -0.05) is 219 Å². The average Bonchev–Trinajstić information content (AvgIpc) is 3.63. The van der Waals surface area contributed by atoms with Gasteiger partial charge < -0.3 is 9.80 Å². The highest BCUT2D eigenvalue weighted by Gasteiger charge is 2.37. The van der Waals surface area contributed by atoms with Gasteiger partial charge in [-0.2, -0.15) is 0 Å². The lowest BCUT2D eigenvalue weighted by molar-refractivity contribution is 0.641. The third-order valence-electron chi connectivity index (χ3n) is 15.9. The lowest BCUT2D eigenvalue weighted by Crippen LogP contribution is -2.21. The first-order valence-electron chi connectivity index (χ1n) is 25.2. The Morgan fingerprint density at radius 1 is 0.451 bits per heavy atom. The normalized spacial score (nSPS) is 13.7. The van der Waals surface area contributed by atoms with Crippen molar-refractivity contribution >= 4 is 57.1 Å². The van der Waals surface area contributed by atoms with Crippen molar-refractivity contribution in [2.75, 3.05) is 9.80 Å². The average molecular weight is 919 g/mol. The monoisotopic (exact) mass is 918 g/mol. The van der Waals surface area contributed by atoms with Crippen LogP contribution in [-0.2, 0) is 22.7 Å². The highest BCUT2D eigenvalue weighted by atomic mass is 15.2. The number of hydrogen-bond donors (Lipinski definition) is 0. The van der Waals surface area contributed by atoms with E-state index in [0.29, 0.717) is 0 Å². The van der Waals surface area contributed by atoms with Crippen LogP contribution < -0.4 is 9.80 Å². The zero-order valence-corrected chi connectivity index (χ0v) is 42.0. The van der Waals surface area contributed by atoms with Crippen LogP contribution in [0.5, 0.6) is 0 Å². The molecule has 0 aliphatic heterocycles. The van der Waals surface area contributed by atoms with Gasteiger partial charge >= 0.3 is 0 Å². The zero-order valence-electron chi connectivity index (χ0n) is 42.0. The first kappa shape index (κ1) is 45.5. The quantitative estimate of drug-likeness (QED) is 0.120. The Kier molecular flexibility index (Phi) is 11.4. The summed E-state index contributed by atoms with van der Waals surface area (Å²) in [6.45, 7) is 22.0. The topological polar surface area (TPSA) is 6.48 Å². The van der Waals surface area contributed by atoms with E-state index in [1.165, 1.54) is 72.1 Å². The molecule has 2 heteroatoms. The van der Waals surface area contributed by atoms with Crippen molar-refractivity contribution in [2.24, 2.45) is 0 Å². The summed E-state index contributed by atoms with van der Waals surface area (Å²) < 4.78 is 0. The summed E-state index contributed by atoms with van der Waals surface area (Å²) in [4.78, 5) is 4.96. The Morgan fingerprint density at radius 3 is 1.45 bits per heavy atom. The Bertz CT molecular complexity index is 3500. The van der Waals surface area contributed by atoms with Crippen molar-refractivity contribution in [1.82, 2.24) is 0 Å². The summed E-state index contributed by atoms with van der Waals surface area (Å²) in [6.07, 6.45) is 8.29. The predicted octanol–water partition coefficient (Wildman–Crippen LogP) is 18.7. The number of benzene rings is 9. The van der Waals surface area contributed by atoms with Gasteiger partial charge in [0.15, 0.2) is 0 Å². The Hall–Kier alpha value is -7.94. The smallest absolute Gasteiger partial charge is 0.0540 e. The summed E-state index contributed by atoms with van der Waals surface area (Å²) in [5, 5.41) is 2.43. The van der Waals surface area contributed by atoms with E-state index in [9.17, 15) is 0 Å². The van der Waals surface area contributed by atoms with Crippen molar-refractivity contribution in [3.63, 3.8) is 0 Å². The number of aryl methyl sites for hydroxylation is 1. The Labute approximate surface area is 421 Å². The van der Waals surface area contributed by atoms with Crippen LogP contribution in [0.2, 0.25) is 0 Å². The predicted molar refractivity (Wildman–Crippen MR) is 305 cm³/mol. The fraction of sp³-hybridized carbons (Fsp3) is 0.159. The fourth-order valence-corrected chi connectivity index (χ4v) is 11.4. The second-order valence-electron chi connectivity index (χ2n) is 21.0. The number of anilines is 5. The summed E-state index contributed by atoms with van der Waals surface area (Å²) in [5.74, 6) is 0. The van der Waals surface area contributed by atoms with Gasteiger partial charge in [0.1, 0.15) is 0 Å². The maximum Gasteiger partial charge on any atom is 0.0540 e. The van der Waals surface area contributed by atoms with Crippen molar-refractivity contribution in [2.45, 2.75) is 70.6 Å². The number of hydrogen-bond acceptors (Lipinski definition) is 2. The van der Waals surface area contributed by atoms with E-state index in [4.69, 9.17) is 0 Å². The number of nitrogens with zero attached hydrogens (tertiary/aromatic N) is 2. The van der Waals surface area contributed by atoms with E-state index in [2.05, 4.69) is 271 Å². The maximum atomic E-state index is 3.97. The zero-order chi connectivity index (χ0) is 49.1. The molecule has 2 nitrogen and oxygen atoms in total. The van der Waals surface area contributed by atoms with E-state index >= 15 is 0 Å². The van der Waals surface area contributed by atoms with Gasteiger partial charge in [-0.05, 0) is 134 Å². The Balaban J connectivity index is 0.989.